The monoisotopic (exact) mass is 282 g/mol. The zero-order valence-electron chi connectivity index (χ0n) is 11.9. The molecular weight excluding hydrogens is 264 g/mol. The zero-order chi connectivity index (χ0) is 15.5. The summed E-state index contributed by atoms with van der Waals surface area (Å²) in [4.78, 5) is 23.9. The molecule has 1 N–H and O–H groups in total. The number of benzene rings is 1. The van der Waals surface area contributed by atoms with E-state index in [1.807, 2.05) is 0 Å². The molecule has 1 rings (SSSR count). The van der Waals surface area contributed by atoms with Gasteiger partial charge in [0.15, 0.2) is 5.75 Å². The highest BCUT2D eigenvalue weighted by Crippen LogP contribution is 2.28. The molecule has 0 aliphatic rings. The topological polar surface area (TPSA) is 92.9 Å². The molecule has 0 radical (unpaired) electrons. The molecule has 0 fully saturated rings. The SMILES string of the molecule is COc1cc(C(=O)N(C)C(C)(C)CO)ccc1[N+](=O)[O-]. The molecule has 0 heterocycles. The van der Waals surface area contributed by atoms with Crippen molar-refractivity contribution in [2.45, 2.75) is 19.4 Å². The zero-order valence-corrected chi connectivity index (χ0v) is 11.9. The maximum absolute atomic E-state index is 12.3. The van der Waals surface area contributed by atoms with Gasteiger partial charge in [0.25, 0.3) is 5.91 Å². The first-order chi connectivity index (χ1) is 9.24. The fourth-order valence-corrected chi connectivity index (χ4v) is 1.54. The summed E-state index contributed by atoms with van der Waals surface area (Å²) < 4.78 is 4.93. The second kappa shape index (κ2) is 5.87. The smallest absolute Gasteiger partial charge is 0.310 e. The quantitative estimate of drug-likeness (QED) is 0.651. The number of carbonyl (C=O) groups excluding carboxylic acids is 1. The van der Waals surface area contributed by atoms with Crippen LogP contribution >= 0.6 is 0 Å². The van der Waals surface area contributed by atoms with Crippen LogP contribution in [0.5, 0.6) is 5.75 Å². The maximum atomic E-state index is 12.3. The molecule has 0 aromatic heterocycles. The lowest BCUT2D eigenvalue weighted by molar-refractivity contribution is -0.385. The van der Waals surface area contributed by atoms with E-state index in [0.717, 1.165) is 0 Å². The predicted octanol–water partition coefficient (Wildman–Crippen LogP) is 1.45. The molecule has 7 heteroatoms. The van der Waals surface area contributed by atoms with E-state index in [0.29, 0.717) is 0 Å². The van der Waals surface area contributed by atoms with E-state index in [1.54, 1.807) is 20.9 Å². The van der Waals surface area contributed by atoms with Crippen molar-refractivity contribution >= 4 is 11.6 Å². The van der Waals surface area contributed by atoms with Crippen LogP contribution in [0.1, 0.15) is 24.2 Å². The highest BCUT2D eigenvalue weighted by Gasteiger charge is 2.28. The van der Waals surface area contributed by atoms with Crippen molar-refractivity contribution in [2.24, 2.45) is 0 Å². The summed E-state index contributed by atoms with van der Waals surface area (Å²) in [6.07, 6.45) is 0. The van der Waals surface area contributed by atoms with Crippen LogP contribution in [0.3, 0.4) is 0 Å². The van der Waals surface area contributed by atoms with E-state index in [9.17, 15) is 20.0 Å². The molecular formula is C13H18N2O5. The second-order valence-electron chi connectivity index (χ2n) is 4.98. The number of nitro groups is 1. The minimum Gasteiger partial charge on any atom is -0.490 e. The summed E-state index contributed by atoms with van der Waals surface area (Å²) in [6, 6.07) is 3.92. The van der Waals surface area contributed by atoms with Crippen molar-refractivity contribution in [2.75, 3.05) is 20.8 Å². The van der Waals surface area contributed by atoms with Gasteiger partial charge in [-0.1, -0.05) is 0 Å². The molecule has 0 saturated heterocycles. The first-order valence-electron chi connectivity index (χ1n) is 5.96. The largest absolute Gasteiger partial charge is 0.490 e. The van der Waals surface area contributed by atoms with E-state index in [2.05, 4.69) is 0 Å². The van der Waals surface area contributed by atoms with Gasteiger partial charge in [-0.05, 0) is 19.9 Å². The number of hydrogen-bond donors (Lipinski definition) is 1. The van der Waals surface area contributed by atoms with Gasteiger partial charge >= 0.3 is 5.69 Å². The number of nitro benzene ring substituents is 1. The lowest BCUT2D eigenvalue weighted by atomic mass is 10.0. The Labute approximate surface area is 116 Å². The third-order valence-electron chi connectivity index (χ3n) is 3.22. The molecule has 0 aliphatic heterocycles. The van der Waals surface area contributed by atoms with E-state index in [-0.39, 0.29) is 29.5 Å². The van der Waals surface area contributed by atoms with Crippen molar-refractivity contribution in [1.82, 2.24) is 4.90 Å². The summed E-state index contributed by atoms with van der Waals surface area (Å²) in [7, 11) is 2.87. The number of rotatable bonds is 5. The average molecular weight is 282 g/mol. The van der Waals surface area contributed by atoms with Crippen molar-refractivity contribution in [3.8, 4) is 5.75 Å². The van der Waals surface area contributed by atoms with Crippen LogP contribution in [0.25, 0.3) is 0 Å². The molecule has 0 saturated carbocycles. The van der Waals surface area contributed by atoms with Gasteiger partial charge in [-0.3, -0.25) is 14.9 Å². The summed E-state index contributed by atoms with van der Waals surface area (Å²) >= 11 is 0. The lowest BCUT2D eigenvalue weighted by Crippen LogP contribution is -2.47. The van der Waals surface area contributed by atoms with E-state index < -0.39 is 10.5 Å². The van der Waals surface area contributed by atoms with Crippen LogP contribution < -0.4 is 4.74 Å². The molecule has 1 aromatic carbocycles. The first kappa shape index (κ1) is 15.9. The summed E-state index contributed by atoms with van der Waals surface area (Å²) in [5.74, 6) is -0.326. The Kier molecular flexibility index (Phi) is 4.67. The number of aliphatic hydroxyl groups excluding tert-OH is 1. The molecule has 1 amide bonds. The van der Waals surface area contributed by atoms with Gasteiger partial charge in [-0.15, -0.1) is 0 Å². The highest BCUT2D eigenvalue weighted by atomic mass is 16.6. The van der Waals surface area contributed by atoms with Gasteiger partial charge in [0.2, 0.25) is 0 Å². The Morgan fingerprint density at radius 2 is 2.10 bits per heavy atom. The van der Waals surface area contributed by atoms with Crippen LogP contribution in [0.15, 0.2) is 18.2 Å². The fourth-order valence-electron chi connectivity index (χ4n) is 1.54. The van der Waals surface area contributed by atoms with Gasteiger partial charge in [-0.2, -0.15) is 0 Å². The molecule has 0 atom stereocenters. The van der Waals surface area contributed by atoms with Crippen LogP contribution in [0.2, 0.25) is 0 Å². The number of methoxy groups -OCH3 is 1. The summed E-state index contributed by atoms with van der Waals surface area (Å²) in [6.45, 7) is 3.24. The molecule has 20 heavy (non-hydrogen) atoms. The molecule has 110 valence electrons. The Bertz CT molecular complexity index is 527. The summed E-state index contributed by atoms with van der Waals surface area (Å²) in [5, 5.41) is 20.1. The fraction of sp³-hybridized carbons (Fsp3) is 0.462. The van der Waals surface area contributed by atoms with Gasteiger partial charge in [0, 0.05) is 24.7 Å². The first-order valence-corrected chi connectivity index (χ1v) is 5.96. The molecule has 7 nitrogen and oxygen atoms in total. The number of hydrogen-bond acceptors (Lipinski definition) is 5. The maximum Gasteiger partial charge on any atom is 0.310 e. The normalized spacial score (nSPS) is 11.1. The minimum absolute atomic E-state index is 0.0241. The Morgan fingerprint density at radius 3 is 2.55 bits per heavy atom. The van der Waals surface area contributed by atoms with Crippen molar-refractivity contribution in [3.63, 3.8) is 0 Å². The number of aliphatic hydroxyl groups is 1. The van der Waals surface area contributed by atoms with E-state index in [4.69, 9.17) is 4.74 Å². The van der Waals surface area contributed by atoms with Crippen LogP contribution in [-0.2, 0) is 0 Å². The number of amides is 1. The minimum atomic E-state index is -0.730. The molecule has 0 bridgehead atoms. The van der Waals surface area contributed by atoms with Crippen molar-refractivity contribution in [1.29, 1.82) is 0 Å². The third-order valence-corrected chi connectivity index (χ3v) is 3.22. The molecule has 0 aliphatic carbocycles. The van der Waals surface area contributed by atoms with Crippen LogP contribution in [-0.4, -0.2) is 47.1 Å². The van der Waals surface area contributed by atoms with Crippen molar-refractivity contribution < 1.29 is 19.6 Å². The van der Waals surface area contributed by atoms with E-state index in [1.165, 1.54) is 30.2 Å². The number of carbonyl (C=O) groups is 1. The second-order valence-corrected chi connectivity index (χ2v) is 4.98. The average Bonchev–Trinajstić information content (AvgIpc) is 2.44. The van der Waals surface area contributed by atoms with Crippen LogP contribution in [0.4, 0.5) is 5.69 Å². The van der Waals surface area contributed by atoms with Gasteiger partial charge < -0.3 is 14.7 Å². The summed E-state index contributed by atoms with van der Waals surface area (Å²) in [5.41, 5.74) is -0.670. The van der Waals surface area contributed by atoms with Gasteiger partial charge in [0.05, 0.1) is 24.2 Å². The Balaban J connectivity index is 3.15. The Hall–Kier alpha value is -2.15. The molecule has 1 aromatic rings. The number of ether oxygens (including phenoxy) is 1. The van der Waals surface area contributed by atoms with Crippen molar-refractivity contribution in [3.05, 3.63) is 33.9 Å². The van der Waals surface area contributed by atoms with Crippen LogP contribution in [0, 0.1) is 10.1 Å². The standard InChI is InChI=1S/C13H18N2O5/c1-13(2,8-16)14(3)12(17)9-5-6-10(15(18)19)11(7-9)20-4/h5-7,16H,8H2,1-4H3. The highest BCUT2D eigenvalue weighted by molar-refractivity contribution is 5.95. The number of likely N-dealkylation sites (N-methyl/N-ethyl adjacent to an activating group) is 1. The van der Waals surface area contributed by atoms with E-state index >= 15 is 0 Å². The third kappa shape index (κ3) is 3.05. The Morgan fingerprint density at radius 1 is 1.50 bits per heavy atom. The predicted molar refractivity (Wildman–Crippen MR) is 72.9 cm³/mol. The van der Waals surface area contributed by atoms with Gasteiger partial charge in [0.1, 0.15) is 0 Å². The molecule has 0 unspecified atom stereocenters. The molecule has 0 spiro atoms. The number of nitrogens with zero attached hydrogens (tertiary/aromatic N) is 2. The lowest BCUT2D eigenvalue weighted by Gasteiger charge is -2.34. The van der Waals surface area contributed by atoms with Gasteiger partial charge in [-0.25, -0.2) is 0 Å².